The first-order valence-corrected chi connectivity index (χ1v) is 9.95. The molecule has 2 N–H and O–H groups in total. The molecule has 3 rings (SSSR count). The third-order valence-corrected chi connectivity index (χ3v) is 5.00. The fourth-order valence-corrected chi connectivity index (χ4v) is 3.19. The Bertz CT molecular complexity index is 959. The van der Waals surface area contributed by atoms with E-state index in [1.54, 1.807) is 30.5 Å². The summed E-state index contributed by atoms with van der Waals surface area (Å²) in [6.07, 6.45) is 1.74. The van der Waals surface area contributed by atoms with Crippen molar-refractivity contribution in [3.63, 3.8) is 0 Å². The molecular formula is C23H27N3O3. The lowest BCUT2D eigenvalue weighted by Gasteiger charge is -2.17. The number of carbonyl (C=O) groups excluding carboxylic acids is 2. The molecule has 1 heterocycles. The summed E-state index contributed by atoms with van der Waals surface area (Å²) in [7, 11) is 0. The number of para-hydroxylation sites is 1. The van der Waals surface area contributed by atoms with Crippen molar-refractivity contribution in [3.05, 3.63) is 65.9 Å². The Morgan fingerprint density at radius 1 is 1.03 bits per heavy atom. The van der Waals surface area contributed by atoms with Gasteiger partial charge in [0.05, 0.1) is 12.1 Å². The minimum atomic E-state index is -0.335. The average Bonchev–Trinajstić information content (AvgIpc) is 3.19. The number of likely N-dealkylation sites (N-methyl/N-ethyl adjacent to an activating group) is 1. The summed E-state index contributed by atoms with van der Waals surface area (Å²) >= 11 is 0. The van der Waals surface area contributed by atoms with E-state index in [1.165, 1.54) is 0 Å². The van der Waals surface area contributed by atoms with Gasteiger partial charge < -0.3 is 19.9 Å². The second-order valence-corrected chi connectivity index (χ2v) is 6.76. The summed E-state index contributed by atoms with van der Waals surface area (Å²) in [4.78, 5) is 30.0. The van der Waals surface area contributed by atoms with Crippen molar-refractivity contribution in [1.82, 2.24) is 9.88 Å². The van der Waals surface area contributed by atoms with Crippen LogP contribution in [0.1, 0.15) is 34.6 Å². The van der Waals surface area contributed by atoms with Crippen LogP contribution >= 0.6 is 0 Å². The van der Waals surface area contributed by atoms with Crippen LogP contribution in [0.2, 0.25) is 0 Å². The van der Waals surface area contributed by atoms with Crippen LogP contribution in [-0.2, 0) is 4.74 Å². The van der Waals surface area contributed by atoms with Gasteiger partial charge in [0, 0.05) is 34.9 Å². The van der Waals surface area contributed by atoms with E-state index in [4.69, 9.17) is 4.74 Å². The number of carbonyl (C=O) groups is 2. The van der Waals surface area contributed by atoms with Gasteiger partial charge >= 0.3 is 5.97 Å². The number of aromatic amines is 1. The van der Waals surface area contributed by atoms with Gasteiger partial charge in [-0.2, -0.15) is 0 Å². The fraction of sp³-hybridized carbons (Fsp3) is 0.304. The minimum Gasteiger partial charge on any atom is -0.461 e. The summed E-state index contributed by atoms with van der Waals surface area (Å²) in [5.74, 6) is -0.332. The number of nitrogens with one attached hydrogen (secondary N) is 2. The van der Waals surface area contributed by atoms with E-state index in [0.717, 1.165) is 36.2 Å². The summed E-state index contributed by atoms with van der Waals surface area (Å²) in [5.41, 5.74) is 2.89. The topological polar surface area (TPSA) is 74.4 Å². The lowest BCUT2D eigenvalue weighted by Crippen LogP contribution is -2.27. The highest BCUT2D eigenvalue weighted by atomic mass is 16.5. The molecule has 0 amide bonds. The molecule has 0 aliphatic heterocycles. The van der Waals surface area contributed by atoms with Crippen molar-refractivity contribution in [2.24, 2.45) is 0 Å². The molecule has 29 heavy (non-hydrogen) atoms. The molecule has 0 fully saturated rings. The van der Waals surface area contributed by atoms with Crippen molar-refractivity contribution in [2.45, 2.75) is 13.8 Å². The standard InChI is InChI=1S/C23H27N3O3/c1-3-26(4-2)13-14-29-23(28)17-9-11-18(12-10-17)24-16-22(27)20-15-25-21-8-6-5-7-19(20)21/h5-12,15,24-25H,3-4,13-14,16H2,1-2H3. The second kappa shape index (κ2) is 9.89. The number of Topliss-reactive ketones (excluding diaryl/α,β-unsaturated/α-hetero) is 1. The van der Waals surface area contributed by atoms with E-state index in [-0.39, 0.29) is 18.3 Å². The second-order valence-electron chi connectivity index (χ2n) is 6.76. The van der Waals surface area contributed by atoms with Gasteiger partial charge in [0.1, 0.15) is 6.61 Å². The maximum Gasteiger partial charge on any atom is 0.338 e. The predicted octanol–water partition coefficient (Wildman–Crippen LogP) is 3.96. The lowest BCUT2D eigenvalue weighted by atomic mass is 10.1. The number of esters is 1. The molecule has 152 valence electrons. The Morgan fingerprint density at radius 3 is 2.48 bits per heavy atom. The molecule has 0 atom stereocenters. The third kappa shape index (κ3) is 5.23. The number of fused-ring (bicyclic) bond motifs is 1. The average molecular weight is 393 g/mol. The maximum absolute atomic E-state index is 12.5. The Kier molecular flexibility index (Phi) is 7.03. The molecule has 0 saturated heterocycles. The van der Waals surface area contributed by atoms with Crippen molar-refractivity contribution in [1.29, 1.82) is 0 Å². The summed E-state index contributed by atoms with van der Waals surface area (Å²) in [5, 5.41) is 4.03. The Balaban J connectivity index is 1.51. The van der Waals surface area contributed by atoms with Crippen LogP contribution in [0.25, 0.3) is 10.9 Å². The number of benzene rings is 2. The van der Waals surface area contributed by atoms with Crippen LogP contribution < -0.4 is 5.32 Å². The van der Waals surface area contributed by atoms with Crippen LogP contribution in [0.3, 0.4) is 0 Å². The molecule has 0 spiro atoms. The van der Waals surface area contributed by atoms with Gasteiger partial charge in [-0.25, -0.2) is 4.79 Å². The largest absolute Gasteiger partial charge is 0.461 e. The zero-order valence-electron chi connectivity index (χ0n) is 16.9. The maximum atomic E-state index is 12.5. The number of nitrogens with zero attached hydrogens (tertiary/aromatic N) is 1. The van der Waals surface area contributed by atoms with Gasteiger partial charge in [-0.1, -0.05) is 32.0 Å². The van der Waals surface area contributed by atoms with Crippen molar-refractivity contribution >= 4 is 28.3 Å². The Labute approximate surface area is 170 Å². The first-order valence-electron chi connectivity index (χ1n) is 9.95. The molecular weight excluding hydrogens is 366 g/mol. The van der Waals surface area contributed by atoms with Gasteiger partial charge in [0.2, 0.25) is 0 Å². The number of rotatable bonds is 10. The minimum absolute atomic E-state index is 0.00217. The van der Waals surface area contributed by atoms with Crippen molar-refractivity contribution in [2.75, 3.05) is 38.1 Å². The number of anilines is 1. The van der Waals surface area contributed by atoms with Crippen molar-refractivity contribution < 1.29 is 14.3 Å². The van der Waals surface area contributed by atoms with E-state index in [2.05, 4.69) is 29.0 Å². The van der Waals surface area contributed by atoms with Crippen LogP contribution in [0, 0.1) is 0 Å². The molecule has 0 saturated carbocycles. The molecule has 6 heteroatoms. The number of ether oxygens (including phenoxy) is 1. The lowest BCUT2D eigenvalue weighted by molar-refractivity contribution is 0.0466. The van der Waals surface area contributed by atoms with Gasteiger partial charge in [0.25, 0.3) is 0 Å². The van der Waals surface area contributed by atoms with Gasteiger partial charge in [-0.15, -0.1) is 0 Å². The molecule has 0 radical (unpaired) electrons. The highest BCUT2D eigenvalue weighted by Gasteiger charge is 2.12. The first-order chi connectivity index (χ1) is 14.1. The van der Waals surface area contributed by atoms with E-state index in [9.17, 15) is 9.59 Å². The van der Waals surface area contributed by atoms with E-state index in [0.29, 0.717) is 17.7 Å². The molecule has 0 unspecified atom stereocenters. The fourth-order valence-electron chi connectivity index (χ4n) is 3.19. The van der Waals surface area contributed by atoms with Crippen LogP contribution in [0.4, 0.5) is 5.69 Å². The molecule has 6 nitrogen and oxygen atoms in total. The van der Waals surface area contributed by atoms with E-state index >= 15 is 0 Å². The number of aromatic nitrogens is 1. The van der Waals surface area contributed by atoms with Crippen LogP contribution in [0.15, 0.2) is 54.7 Å². The zero-order valence-corrected chi connectivity index (χ0v) is 16.9. The number of hydrogen-bond donors (Lipinski definition) is 2. The normalized spacial score (nSPS) is 11.0. The van der Waals surface area contributed by atoms with E-state index < -0.39 is 0 Å². The number of H-pyrrole nitrogens is 1. The molecule has 3 aromatic rings. The number of ketones is 1. The summed E-state index contributed by atoms with van der Waals surface area (Å²) in [6, 6.07) is 14.7. The molecule has 2 aromatic carbocycles. The van der Waals surface area contributed by atoms with E-state index in [1.807, 2.05) is 24.3 Å². The molecule has 1 aromatic heterocycles. The van der Waals surface area contributed by atoms with Gasteiger partial charge in [-0.3, -0.25) is 4.79 Å². The highest BCUT2D eigenvalue weighted by Crippen LogP contribution is 2.18. The zero-order chi connectivity index (χ0) is 20.6. The summed E-state index contributed by atoms with van der Waals surface area (Å²) < 4.78 is 5.33. The quantitative estimate of drug-likeness (QED) is 0.403. The molecule has 0 bridgehead atoms. The Hall–Kier alpha value is -3.12. The van der Waals surface area contributed by atoms with Gasteiger partial charge in [-0.05, 0) is 43.4 Å². The number of hydrogen-bond acceptors (Lipinski definition) is 5. The highest BCUT2D eigenvalue weighted by molar-refractivity contribution is 6.09. The first kappa shape index (κ1) is 20.6. The van der Waals surface area contributed by atoms with Crippen molar-refractivity contribution in [3.8, 4) is 0 Å². The predicted molar refractivity (Wildman–Crippen MR) is 116 cm³/mol. The molecule has 0 aliphatic carbocycles. The Morgan fingerprint density at radius 2 is 1.76 bits per heavy atom. The molecule has 0 aliphatic rings. The van der Waals surface area contributed by atoms with Gasteiger partial charge in [0.15, 0.2) is 5.78 Å². The summed E-state index contributed by atoms with van der Waals surface area (Å²) in [6.45, 7) is 7.32. The monoisotopic (exact) mass is 393 g/mol. The SMILES string of the molecule is CCN(CC)CCOC(=O)c1ccc(NCC(=O)c2c[nH]c3ccccc23)cc1. The van der Waals surface area contributed by atoms with Crippen LogP contribution in [-0.4, -0.2) is 54.4 Å². The van der Waals surface area contributed by atoms with Crippen LogP contribution in [0.5, 0.6) is 0 Å². The smallest absolute Gasteiger partial charge is 0.338 e. The third-order valence-electron chi connectivity index (χ3n) is 5.00.